The Morgan fingerprint density at radius 3 is 2.71 bits per heavy atom. The lowest BCUT2D eigenvalue weighted by atomic mass is 9.81. The Kier molecular flexibility index (Phi) is 6.69. The van der Waals surface area contributed by atoms with Crippen LogP contribution in [-0.2, 0) is 21.0 Å². The van der Waals surface area contributed by atoms with E-state index in [4.69, 9.17) is 9.47 Å². The van der Waals surface area contributed by atoms with Crippen LogP contribution in [0.3, 0.4) is 0 Å². The minimum absolute atomic E-state index is 0.0707. The predicted octanol–water partition coefficient (Wildman–Crippen LogP) is 5.31. The van der Waals surface area contributed by atoms with Gasteiger partial charge in [0.25, 0.3) is 0 Å². The number of esters is 1. The summed E-state index contributed by atoms with van der Waals surface area (Å²) in [5.74, 6) is -0.518. The minimum atomic E-state index is -1.21. The number of benzene rings is 1. The van der Waals surface area contributed by atoms with E-state index < -0.39 is 14.0 Å². The van der Waals surface area contributed by atoms with Crippen molar-refractivity contribution in [3.63, 3.8) is 0 Å². The first-order valence-corrected chi connectivity index (χ1v) is 15.4. The molecule has 180 valence electrons. The number of aromatic nitrogens is 1. The molecule has 0 spiro atoms. The maximum Gasteiger partial charge on any atom is 0.330 e. The van der Waals surface area contributed by atoms with Gasteiger partial charge in [0.05, 0.1) is 24.4 Å². The van der Waals surface area contributed by atoms with Crippen molar-refractivity contribution in [2.75, 3.05) is 20.8 Å². The fourth-order valence-electron chi connectivity index (χ4n) is 4.95. The number of carbonyl (C=O) groups excluding carboxylic acids is 2. The topological polar surface area (TPSA) is 60.8 Å². The molecule has 2 aliphatic rings. The fraction of sp³-hybridized carbons (Fsp3) is 0.407. The molecule has 1 aromatic heterocycles. The molecule has 2 bridgehead atoms. The summed E-state index contributed by atoms with van der Waals surface area (Å²) in [7, 11) is 2.13. The molecule has 1 aliphatic carbocycles. The molecule has 0 fully saturated rings. The zero-order valence-electron chi connectivity index (χ0n) is 20.8. The third kappa shape index (κ3) is 4.54. The number of ether oxygens (including phenoxy) is 2. The van der Waals surface area contributed by atoms with E-state index in [-0.39, 0.29) is 17.7 Å². The molecule has 2 atom stereocenters. The number of fused-ring (bicyclic) bond motifs is 6. The third-order valence-corrected chi connectivity index (χ3v) is 8.43. The first-order valence-electron chi connectivity index (χ1n) is 11.7. The van der Waals surface area contributed by atoms with E-state index in [1.807, 2.05) is 29.9 Å². The van der Waals surface area contributed by atoms with E-state index in [1.54, 1.807) is 6.08 Å². The highest BCUT2D eigenvalue weighted by Crippen LogP contribution is 2.48. The Morgan fingerprint density at radius 1 is 1.26 bits per heavy atom. The van der Waals surface area contributed by atoms with E-state index in [2.05, 4.69) is 43.3 Å². The quantitative estimate of drug-likeness (QED) is 0.177. The average Bonchev–Trinajstić information content (AvgIpc) is 3.06. The highest BCUT2D eigenvalue weighted by molar-refractivity contribution is 6.76. The van der Waals surface area contributed by atoms with Gasteiger partial charge in [-0.05, 0) is 29.3 Å². The maximum absolute atomic E-state index is 13.8. The average molecular weight is 479 g/mol. The van der Waals surface area contributed by atoms with Gasteiger partial charge in [-0.15, -0.1) is 0 Å². The SMILES string of the molecule is C=C1[C@H]2CC(=O)c3c(c4ccccc4n3COCC[Si](C)(C)C)[C@@H]1N(C)C=C2/C=C/C(=O)OC. The summed E-state index contributed by atoms with van der Waals surface area (Å²) in [5.41, 5.74) is 4.56. The lowest BCUT2D eigenvalue weighted by Gasteiger charge is -2.37. The van der Waals surface area contributed by atoms with Gasteiger partial charge >= 0.3 is 5.97 Å². The fourth-order valence-corrected chi connectivity index (χ4v) is 5.71. The first-order chi connectivity index (χ1) is 16.1. The molecule has 2 heterocycles. The number of rotatable bonds is 7. The maximum atomic E-state index is 13.8. The minimum Gasteiger partial charge on any atom is -0.466 e. The highest BCUT2D eigenvalue weighted by Gasteiger charge is 2.41. The van der Waals surface area contributed by atoms with Crippen LogP contribution in [0.2, 0.25) is 25.7 Å². The largest absolute Gasteiger partial charge is 0.466 e. The Labute approximate surface area is 202 Å². The molecule has 0 saturated carbocycles. The zero-order valence-corrected chi connectivity index (χ0v) is 21.8. The van der Waals surface area contributed by atoms with Gasteiger partial charge in [0, 0.05) is 57.3 Å². The number of hydrogen-bond donors (Lipinski definition) is 0. The summed E-state index contributed by atoms with van der Waals surface area (Å²) >= 11 is 0. The second-order valence-electron chi connectivity index (χ2n) is 10.4. The van der Waals surface area contributed by atoms with Crippen LogP contribution in [0.4, 0.5) is 0 Å². The van der Waals surface area contributed by atoms with Crippen molar-refractivity contribution in [1.82, 2.24) is 9.47 Å². The van der Waals surface area contributed by atoms with Crippen molar-refractivity contribution in [2.45, 2.75) is 44.9 Å². The molecular weight excluding hydrogens is 444 g/mol. The van der Waals surface area contributed by atoms with E-state index in [9.17, 15) is 9.59 Å². The van der Waals surface area contributed by atoms with Crippen molar-refractivity contribution >= 4 is 30.7 Å². The van der Waals surface area contributed by atoms with Gasteiger partial charge in [0.1, 0.15) is 6.73 Å². The smallest absolute Gasteiger partial charge is 0.330 e. The van der Waals surface area contributed by atoms with Crippen LogP contribution in [-0.4, -0.2) is 50.1 Å². The Balaban J connectivity index is 1.77. The molecule has 0 radical (unpaired) electrons. The number of methoxy groups -OCH3 is 1. The summed E-state index contributed by atoms with van der Waals surface area (Å²) in [6.07, 6.45) is 5.46. The van der Waals surface area contributed by atoms with E-state index in [1.165, 1.54) is 13.2 Å². The standard InChI is InChI=1S/C27H34N2O4Si/c1-18-21-15-23(30)27-25(26(18)28(2)16-19(21)11-12-24(31)32-3)20-9-7-8-10-22(20)29(27)17-33-13-14-34(4,5)6/h7-12,16,21,26H,1,13-15,17H2,2-6H3/b12-11+/t21-,26-/m1/s1. The number of para-hydroxylation sites is 1. The number of hydrogen-bond acceptors (Lipinski definition) is 5. The number of Topliss-reactive ketones (excluding diaryl/α,β-unsaturated/α-hetero) is 1. The van der Waals surface area contributed by atoms with Crippen LogP contribution in [0.15, 0.2) is 60.3 Å². The van der Waals surface area contributed by atoms with Gasteiger partial charge in [-0.3, -0.25) is 4.79 Å². The van der Waals surface area contributed by atoms with Gasteiger partial charge in [-0.25, -0.2) is 4.79 Å². The van der Waals surface area contributed by atoms with E-state index in [0.29, 0.717) is 25.5 Å². The summed E-state index contributed by atoms with van der Waals surface area (Å²) in [6, 6.07) is 9.10. The number of nitrogens with zero attached hydrogens (tertiary/aromatic N) is 2. The predicted molar refractivity (Wildman–Crippen MR) is 137 cm³/mol. The van der Waals surface area contributed by atoms with Crippen molar-refractivity contribution in [2.24, 2.45) is 5.92 Å². The van der Waals surface area contributed by atoms with E-state index >= 15 is 0 Å². The summed E-state index contributed by atoms with van der Waals surface area (Å²) < 4.78 is 12.9. The molecule has 7 heteroatoms. The molecule has 2 aromatic rings. The monoisotopic (exact) mass is 478 g/mol. The molecule has 0 unspecified atom stereocenters. The number of likely N-dealkylation sites (N-methyl/N-ethyl adjacent to an activating group) is 1. The van der Waals surface area contributed by atoms with Crippen LogP contribution >= 0.6 is 0 Å². The van der Waals surface area contributed by atoms with Crippen LogP contribution in [0, 0.1) is 5.92 Å². The zero-order chi connectivity index (χ0) is 24.6. The molecule has 1 aliphatic heterocycles. The lowest BCUT2D eigenvalue weighted by Crippen LogP contribution is -2.29. The third-order valence-electron chi connectivity index (χ3n) is 6.73. The first kappa shape index (κ1) is 24.2. The van der Waals surface area contributed by atoms with Gasteiger partial charge in [-0.1, -0.05) is 44.4 Å². The van der Waals surface area contributed by atoms with Crippen molar-refractivity contribution in [3.8, 4) is 0 Å². The van der Waals surface area contributed by atoms with Gasteiger partial charge < -0.3 is 18.9 Å². The number of carbonyl (C=O) groups is 2. The molecule has 0 N–H and O–H groups in total. The molecule has 0 saturated heterocycles. The van der Waals surface area contributed by atoms with Gasteiger partial charge in [-0.2, -0.15) is 0 Å². The van der Waals surface area contributed by atoms with Crippen molar-refractivity contribution in [1.29, 1.82) is 0 Å². The van der Waals surface area contributed by atoms with Crippen molar-refractivity contribution < 1.29 is 19.1 Å². The molecule has 1 aromatic carbocycles. The Bertz CT molecular complexity index is 1200. The Hall–Kier alpha value is -2.90. The molecular formula is C27H34N2O4Si. The van der Waals surface area contributed by atoms with E-state index in [0.717, 1.165) is 33.7 Å². The Morgan fingerprint density at radius 2 is 2.00 bits per heavy atom. The highest BCUT2D eigenvalue weighted by atomic mass is 28.3. The second kappa shape index (κ2) is 9.39. The molecule has 4 rings (SSSR count). The summed E-state index contributed by atoms with van der Waals surface area (Å²) in [5, 5.41) is 1.06. The molecule has 34 heavy (non-hydrogen) atoms. The van der Waals surface area contributed by atoms with Crippen LogP contribution in [0.25, 0.3) is 10.9 Å². The molecule has 0 amide bonds. The number of ketones is 1. The number of allylic oxidation sites excluding steroid dienone is 2. The normalized spacial score (nSPS) is 20.5. The van der Waals surface area contributed by atoms with Crippen LogP contribution < -0.4 is 0 Å². The van der Waals surface area contributed by atoms with Gasteiger partial charge in [0.15, 0.2) is 5.78 Å². The van der Waals surface area contributed by atoms with Crippen LogP contribution in [0.1, 0.15) is 28.5 Å². The summed E-state index contributed by atoms with van der Waals surface area (Å²) in [6.45, 7) is 12.5. The second-order valence-corrected chi connectivity index (χ2v) is 16.0. The van der Waals surface area contributed by atoms with Crippen molar-refractivity contribution in [3.05, 3.63) is 71.6 Å². The summed E-state index contributed by atoms with van der Waals surface area (Å²) in [4.78, 5) is 27.5. The molecule has 6 nitrogen and oxygen atoms in total. The van der Waals surface area contributed by atoms with Gasteiger partial charge in [0.2, 0.25) is 0 Å². The lowest BCUT2D eigenvalue weighted by molar-refractivity contribution is -0.134. The van der Waals surface area contributed by atoms with Crippen LogP contribution in [0.5, 0.6) is 0 Å².